The van der Waals surface area contributed by atoms with Crippen molar-refractivity contribution in [1.82, 2.24) is 20.3 Å². The van der Waals surface area contributed by atoms with Gasteiger partial charge < -0.3 is 30.1 Å². The molecule has 0 bridgehead atoms. The number of anilines is 6. The highest BCUT2D eigenvalue weighted by atomic mass is 32.1. The summed E-state index contributed by atoms with van der Waals surface area (Å²) < 4.78 is 5.65. The highest BCUT2D eigenvalue weighted by molar-refractivity contribution is 7.16. The Morgan fingerprint density at radius 2 is 1.94 bits per heavy atom. The number of nitrogens with zero attached hydrogens (tertiary/aromatic N) is 6. The van der Waals surface area contributed by atoms with E-state index in [0.29, 0.717) is 28.9 Å². The number of nitrogens with one attached hydrogen (secondary N) is 2. The van der Waals surface area contributed by atoms with E-state index in [9.17, 15) is 4.79 Å². The van der Waals surface area contributed by atoms with Gasteiger partial charge in [0.2, 0.25) is 5.95 Å². The van der Waals surface area contributed by atoms with Gasteiger partial charge in [0.05, 0.1) is 24.0 Å². The molecule has 33 heavy (non-hydrogen) atoms. The largest absolute Gasteiger partial charge is 0.494 e. The van der Waals surface area contributed by atoms with Gasteiger partial charge in [0.15, 0.2) is 11.5 Å². The van der Waals surface area contributed by atoms with E-state index < -0.39 is 0 Å². The molecule has 2 aliphatic rings. The smallest absolute Gasteiger partial charge is 0.279 e. The zero-order valence-corrected chi connectivity index (χ0v) is 19.9. The second-order valence-electron chi connectivity index (χ2n) is 7.96. The van der Waals surface area contributed by atoms with Gasteiger partial charge in [-0.05, 0) is 19.1 Å². The molecule has 0 spiro atoms. The van der Waals surface area contributed by atoms with Crippen LogP contribution in [0.4, 0.5) is 33.8 Å². The summed E-state index contributed by atoms with van der Waals surface area (Å²) in [6, 6.07) is 6.09. The highest BCUT2D eigenvalue weighted by Gasteiger charge is 2.32. The minimum Gasteiger partial charge on any atom is -0.494 e. The number of piperazine rings is 1. The molecule has 0 atom stereocenters. The molecule has 0 aliphatic carbocycles. The standard InChI is InChI=1S/C22H26N8O2S/c1-13-25-18-20(31)28(2)16-12-24-22(27-19(16)29(3)21(18)33-13)26-15-6-5-14(11-17(15)32-4)30-9-7-23-8-10-30/h5-6,11-12,23H,7-10H2,1-4H3,(H,24,26,27). The Balaban J connectivity index is 1.47. The highest BCUT2D eigenvalue weighted by Crippen LogP contribution is 2.41. The minimum atomic E-state index is -0.172. The molecule has 2 N–H and O–H groups in total. The molecule has 10 nitrogen and oxygen atoms in total. The number of benzene rings is 1. The van der Waals surface area contributed by atoms with Gasteiger partial charge in [0.25, 0.3) is 5.91 Å². The monoisotopic (exact) mass is 466 g/mol. The van der Waals surface area contributed by atoms with Crippen LogP contribution in [0, 0.1) is 6.92 Å². The van der Waals surface area contributed by atoms with Crippen molar-refractivity contribution in [3.63, 3.8) is 0 Å². The van der Waals surface area contributed by atoms with Crippen LogP contribution < -0.4 is 30.1 Å². The summed E-state index contributed by atoms with van der Waals surface area (Å²) in [4.78, 5) is 32.3. The Kier molecular flexibility index (Phi) is 5.51. The van der Waals surface area contributed by atoms with Gasteiger partial charge >= 0.3 is 0 Å². The quantitative estimate of drug-likeness (QED) is 0.601. The van der Waals surface area contributed by atoms with Crippen molar-refractivity contribution in [2.24, 2.45) is 0 Å². The molecule has 1 amide bonds. The topological polar surface area (TPSA) is 98.7 Å². The summed E-state index contributed by atoms with van der Waals surface area (Å²) >= 11 is 1.47. The average molecular weight is 467 g/mol. The Bertz CT molecular complexity index is 1210. The Morgan fingerprint density at radius 1 is 1.15 bits per heavy atom. The third kappa shape index (κ3) is 3.83. The molecule has 0 unspecified atom stereocenters. The van der Waals surface area contributed by atoms with Crippen LogP contribution in [0.3, 0.4) is 0 Å². The minimum absolute atomic E-state index is 0.172. The van der Waals surface area contributed by atoms with Crippen LogP contribution in [0.15, 0.2) is 24.4 Å². The number of amides is 1. The van der Waals surface area contributed by atoms with Crippen molar-refractivity contribution in [1.29, 1.82) is 0 Å². The van der Waals surface area contributed by atoms with E-state index in [0.717, 1.165) is 47.6 Å². The third-order valence-corrected chi connectivity index (χ3v) is 6.92. The zero-order valence-electron chi connectivity index (χ0n) is 19.0. The van der Waals surface area contributed by atoms with E-state index in [1.54, 1.807) is 25.3 Å². The van der Waals surface area contributed by atoms with Crippen molar-refractivity contribution >= 4 is 51.1 Å². The fraction of sp³-hybridized carbons (Fsp3) is 0.364. The SMILES string of the molecule is COc1cc(N2CCNCC2)ccc1Nc1ncc2c(n1)N(C)c1sc(C)nc1C(=O)N2C. The summed E-state index contributed by atoms with van der Waals surface area (Å²) in [6.07, 6.45) is 1.66. The van der Waals surface area contributed by atoms with Crippen molar-refractivity contribution in [2.75, 3.05) is 67.4 Å². The van der Waals surface area contributed by atoms with Gasteiger partial charge in [0.1, 0.15) is 16.4 Å². The summed E-state index contributed by atoms with van der Waals surface area (Å²) in [5, 5.41) is 8.25. The predicted molar refractivity (Wildman–Crippen MR) is 131 cm³/mol. The van der Waals surface area contributed by atoms with Crippen LogP contribution in [0.5, 0.6) is 5.75 Å². The van der Waals surface area contributed by atoms with Crippen LogP contribution >= 0.6 is 11.3 Å². The van der Waals surface area contributed by atoms with Gasteiger partial charge in [-0.25, -0.2) is 9.97 Å². The summed E-state index contributed by atoms with van der Waals surface area (Å²) in [7, 11) is 5.26. The van der Waals surface area contributed by atoms with E-state index in [1.165, 1.54) is 11.3 Å². The Morgan fingerprint density at radius 3 is 2.70 bits per heavy atom. The van der Waals surface area contributed by atoms with Crippen molar-refractivity contribution in [2.45, 2.75) is 6.92 Å². The van der Waals surface area contributed by atoms with Crippen LogP contribution in [0.2, 0.25) is 0 Å². The number of thiazole rings is 1. The van der Waals surface area contributed by atoms with E-state index in [-0.39, 0.29) is 5.91 Å². The third-order valence-electron chi connectivity index (χ3n) is 5.87. The molecule has 11 heteroatoms. The van der Waals surface area contributed by atoms with Gasteiger partial charge in [-0.15, -0.1) is 11.3 Å². The number of aryl methyl sites for hydroxylation is 1. The van der Waals surface area contributed by atoms with Gasteiger partial charge in [-0.1, -0.05) is 0 Å². The molecule has 2 aromatic heterocycles. The fourth-order valence-corrected chi connectivity index (χ4v) is 4.95. The molecule has 172 valence electrons. The molecule has 5 rings (SSSR count). The molecule has 4 heterocycles. The first-order chi connectivity index (χ1) is 16.0. The zero-order chi connectivity index (χ0) is 23.1. The number of carbonyl (C=O) groups excluding carboxylic acids is 1. The molecule has 1 saturated heterocycles. The summed E-state index contributed by atoms with van der Waals surface area (Å²) in [6.45, 7) is 5.75. The van der Waals surface area contributed by atoms with E-state index >= 15 is 0 Å². The fourth-order valence-electron chi connectivity index (χ4n) is 4.08. The first kappa shape index (κ1) is 21.4. The van der Waals surface area contributed by atoms with E-state index in [1.807, 2.05) is 31.0 Å². The first-order valence-electron chi connectivity index (χ1n) is 10.7. The lowest BCUT2D eigenvalue weighted by Crippen LogP contribution is -2.43. The summed E-state index contributed by atoms with van der Waals surface area (Å²) in [5.41, 5.74) is 2.94. The predicted octanol–water partition coefficient (Wildman–Crippen LogP) is 2.76. The maximum atomic E-state index is 12.9. The molecule has 1 fully saturated rings. The number of ether oxygens (including phenoxy) is 1. The van der Waals surface area contributed by atoms with E-state index in [2.05, 4.69) is 31.6 Å². The molecular formula is C22H26N8O2S. The first-order valence-corrected chi connectivity index (χ1v) is 11.5. The van der Waals surface area contributed by atoms with Gasteiger partial charge in [-0.2, -0.15) is 4.98 Å². The molecule has 0 radical (unpaired) electrons. The maximum absolute atomic E-state index is 12.9. The second-order valence-corrected chi connectivity index (χ2v) is 9.14. The lowest BCUT2D eigenvalue weighted by atomic mass is 10.2. The van der Waals surface area contributed by atoms with Crippen LogP contribution in [0.25, 0.3) is 0 Å². The lowest BCUT2D eigenvalue weighted by molar-refractivity contribution is 0.0990. The number of rotatable bonds is 4. The van der Waals surface area contributed by atoms with Gasteiger partial charge in [0, 0.05) is 52.0 Å². The Hall–Kier alpha value is -3.44. The second kappa shape index (κ2) is 8.49. The molecular weight excluding hydrogens is 440 g/mol. The van der Waals surface area contributed by atoms with Gasteiger partial charge in [-0.3, -0.25) is 4.79 Å². The summed E-state index contributed by atoms with van der Waals surface area (Å²) in [5.74, 6) is 1.58. The van der Waals surface area contributed by atoms with Crippen molar-refractivity contribution < 1.29 is 9.53 Å². The number of carbonyl (C=O) groups is 1. The molecule has 2 aliphatic heterocycles. The lowest BCUT2D eigenvalue weighted by Gasteiger charge is -2.30. The number of hydrogen-bond donors (Lipinski definition) is 2. The molecule has 0 saturated carbocycles. The number of methoxy groups -OCH3 is 1. The van der Waals surface area contributed by atoms with Crippen LogP contribution in [-0.2, 0) is 0 Å². The number of hydrogen-bond acceptors (Lipinski definition) is 10. The maximum Gasteiger partial charge on any atom is 0.279 e. The molecule has 1 aromatic carbocycles. The number of aromatic nitrogens is 3. The van der Waals surface area contributed by atoms with Crippen LogP contribution in [-0.4, -0.2) is 68.2 Å². The van der Waals surface area contributed by atoms with Crippen molar-refractivity contribution in [3.8, 4) is 5.75 Å². The van der Waals surface area contributed by atoms with Crippen molar-refractivity contribution in [3.05, 3.63) is 35.1 Å². The van der Waals surface area contributed by atoms with E-state index in [4.69, 9.17) is 9.72 Å². The molecule has 3 aromatic rings. The normalized spacial score (nSPS) is 15.8. The van der Waals surface area contributed by atoms with Crippen LogP contribution in [0.1, 0.15) is 15.5 Å². The average Bonchev–Trinajstić information content (AvgIpc) is 3.22. The number of fused-ring (bicyclic) bond motifs is 2. The Labute approximate surface area is 196 Å².